The molecule has 0 radical (unpaired) electrons. The topological polar surface area (TPSA) is 135 Å². The molecule has 2 aromatic carbocycles. The van der Waals surface area contributed by atoms with E-state index in [1.807, 2.05) is 6.07 Å². The number of carbonyl (C=O) groups is 1. The van der Waals surface area contributed by atoms with Crippen LogP contribution in [0.2, 0.25) is 0 Å². The fourth-order valence-electron chi connectivity index (χ4n) is 2.58. The first-order valence-corrected chi connectivity index (χ1v) is 11.4. The SMILES string of the molecule is Cc1ccc(C)c(S(=O)(=O)NCCC(=O)Nc2ccc(C)c(S(N)(=O)=O)c2)c1. The normalized spacial score (nSPS) is 12.0. The quantitative estimate of drug-likeness (QED) is 0.619. The van der Waals surface area contributed by atoms with Crippen molar-refractivity contribution in [3.63, 3.8) is 0 Å². The van der Waals surface area contributed by atoms with Crippen LogP contribution in [-0.2, 0) is 24.8 Å². The Morgan fingerprint density at radius 1 is 0.929 bits per heavy atom. The molecule has 0 unspecified atom stereocenters. The number of nitrogens with one attached hydrogen (secondary N) is 2. The van der Waals surface area contributed by atoms with Crippen LogP contribution in [0.1, 0.15) is 23.1 Å². The van der Waals surface area contributed by atoms with Crippen LogP contribution in [0.15, 0.2) is 46.2 Å². The lowest BCUT2D eigenvalue weighted by Gasteiger charge is -2.11. The van der Waals surface area contributed by atoms with Crippen LogP contribution in [0.3, 0.4) is 0 Å². The average molecular weight is 426 g/mol. The van der Waals surface area contributed by atoms with Crippen molar-refractivity contribution >= 4 is 31.6 Å². The standard InChI is InChI=1S/C18H23N3O5S2/c1-12-4-5-14(3)17(10-12)28(25,26)20-9-8-18(22)21-15-7-6-13(2)16(11-15)27(19,23)24/h4-7,10-11,20H,8-9H2,1-3H3,(H,21,22)(H2,19,23,24). The largest absolute Gasteiger partial charge is 0.326 e. The van der Waals surface area contributed by atoms with Crippen molar-refractivity contribution in [2.45, 2.75) is 37.0 Å². The van der Waals surface area contributed by atoms with E-state index in [1.165, 1.54) is 12.1 Å². The van der Waals surface area contributed by atoms with Crippen molar-refractivity contribution in [1.82, 2.24) is 4.72 Å². The van der Waals surface area contributed by atoms with Crippen molar-refractivity contribution in [3.8, 4) is 0 Å². The van der Waals surface area contributed by atoms with E-state index in [0.717, 1.165) is 5.56 Å². The van der Waals surface area contributed by atoms with E-state index < -0.39 is 26.0 Å². The van der Waals surface area contributed by atoms with Gasteiger partial charge in [-0.05, 0) is 55.7 Å². The highest BCUT2D eigenvalue weighted by Gasteiger charge is 2.17. The summed E-state index contributed by atoms with van der Waals surface area (Å²) in [5, 5.41) is 7.68. The Morgan fingerprint density at radius 2 is 1.54 bits per heavy atom. The highest BCUT2D eigenvalue weighted by Crippen LogP contribution is 2.19. The van der Waals surface area contributed by atoms with Crippen LogP contribution in [0.4, 0.5) is 5.69 Å². The van der Waals surface area contributed by atoms with Gasteiger partial charge < -0.3 is 5.32 Å². The Kier molecular flexibility index (Phi) is 6.60. The number of carbonyl (C=O) groups excluding carboxylic acids is 1. The molecule has 0 heterocycles. The summed E-state index contributed by atoms with van der Waals surface area (Å²) in [6.07, 6.45) is -0.122. The van der Waals surface area contributed by atoms with E-state index in [1.54, 1.807) is 39.0 Å². The minimum absolute atomic E-state index is 0.0825. The maximum Gasteiger partial charge on any atom is 0.240 e. The van der Waals surface area contributed by atoms with Gasteiger partial charge in [-0.15, -0.1) is 0 Å². The monoisotopic (exact) mass is 425 g/mol. The summed E-state index contributed by atoms with van der Waals surface area (Å²) < 4.78 is 50.3. The number of rotatable bonds is 7. The van der Waals surface area contributed by atoms with Gasteiger partial charge in [0.15, 0.2) is 0 Å². The van der Waals surface area contributed by atoms with Crippen molar-refractivity contribution in [3.05, 3.63) is 53.1 Å². The van der Waals surface area contributed by atoms with Gasteiger partial charge in [-0.3, -0.25) is 4.79 Å². The fraction of sp³-hybridized carbons (Fsp3) is 0.278. The lowest BCUT2D eigenvalue weighted by Crippen LogP contribution is -2.28. The van der Waals surface area contributed by atoms with E-state index in [-0.39, 0.29) is 28.4 Å². The van der Waals surface area contributed by atoms with Gasteiger partial charge in [0.25, 0.3) is 0 Å². The van der Waals surface area contributed by atoms with Crippen LogP contribution < -0.4 is 15.2 Å². The molecule has 0 fully saturated rings. The molecule has 0 spiro atoms. The van der Waals surface area contributed by atoms with Crippen LogP contribution in [-0.4, -0.2) is 29.3 Å². The number of amides is 1. The van der Waals surface area contributed by atoms with Gasteiger partial charge >= 0.3 is 0 Å². The molecule has 0 saturated heterocycles. The number of sulfonamides is 2. The van der Waals surface area contributed by atoms with Crippen LogP contribution in [0.5, 0.6) is 0 Å². The molecule has 0 aliphatic heterocycles. The molecule has 10 heteroatoms. The van der Waals surface area contributed by atoms with Crippen LogP contribution in [0, 0.1) is 20.8 Å². The average Bonchev–Trinajstić information content (AvgIpc) is 2.57. The summed E-state index contributed by atoms with van der Waals surface area (Å²) in [4.78, 5) is 12.2. The Labute approximate surface area is 165 Å². The molecule has 0 aliphatic rings. The summed E-state index contributed by atoms with van der Waals surface area (Å²) in [5.41, 5.74) is 2.14. The van der Waals surface area contributed by atoms with Crippen molar-refractivity contribution in [2.24, 2.45) is 5.14 Å². The van der Waals surface area contributed by atoms with E-state index in [0.29, 0.717) is 11.1 Å². The van der Waals surface area contributed by atoms with E-state index in [2.05, 4.69) is 10.0 Å². The number of aryl methyl sites for hydroxylation is 3. The lowest BCUT2D eigenvalue weighted by atomic mass is 10.2. The number of hydrogen-bond acceptors (Lipinski definition) is 5. The van der Waals surface area contributed by atoms with Crippen molar-refractivity contribution < 1.29 is 21.6 Å². The Morgan fingerprint density at radius 3 is 2.18 bits per heavy atom. The highest BCUT2D eigenvalue weighted by molar-refractivity contribution is 7.89. The second-order valence-electron chi connectivity index (χ2n) is 6.49. The van der Waals surface area contributed by atoms with Gasteiger partial charge in [0.05, 0.1) is 9.79 Å². The summed E-state index contributed by atoms with van der Waals surface area (Å²) in [6.45, 7) is 4.98. The van der Waals surface area contributed by atoms with E-state index >= 15 is 0 Å². The van der Waals surface area contributed by atoms with Gasteiger partial charge in [-0.1, -0.05) is 18.2 Å². The first-order chi connectivity index (χ1) is 12.9. The molecule has 2 rings (SSSR count). The summed E-state index contributed by atoms with van der Waals surface area (Å²) in [7, 11) is -7.65. The molecule has 0 bridgehead atoms. The first kappa shape index (κ1) is 22.0. The molecule has 0 aliphatic carbocycles. The number of primary sulfonamides is 1. The smallest absolute Gasteiger partial charge is 0.240 e. The zero-order valence-corrected chi connectivity index (χ0v) is 17.4. The van der Waals surface area contributed by atoms with Crippen LogP contribution in [0.25, 0.3) is 0 Å². The maximum absolute atomic E-state index is 12.4. The predicted octanol–water partition coefficient (Wildman–Crippen LogP) is 1.57. The molecule has 1 amide bonds. The summed E-state index contributed by atoms with van der Waals surface area (Å²) in [6, 6.07) is 9.44. The molecule has 8 nitrogen and oxygen atoms in total. The maximum atomic E-state index is 12.4. The lowest BCUT2D eigenvalue weighted by molar-refractivity contribution is -0.116. The molecule has 28 heavy (non-hydrogen) atoms. The van der Waals surface area contributed by atoms with Crippen molar-refractivity contribution in [2.75, 3.05) is 11.9 Å². The number of anilines is 1. The molecule has 152 valence electrons. The van der Waals surface area contributed by atoms with Gasteiger partial charge in [-0.25, -0.2) is 26.7 Å². The zero-order valence-electron chi connectivity index (χ0n) is 15.8. The number of hydrogen-bond donors (Lipinski definition) is 3. The van der Waals surface area contributed by atoms with Crippen LogP contribution >= 0.6 is 0 Å². The second-order valence-corrected chi connectivity index (χ2v) is 9.76. The minimum atomic E-state index is -3.91. The number of nitrogens with two attached hydrogens (primary N) is 1. The Bertz CT molecular complexity index is 1110. The minimum Gasteiger partial charge on any atom is -0.326 e. The first-order valence-electron chi connectivity index (χ1n) is 8.40. The molecule has 4 N–H and O–H groups in total. The second kappa shape index (κ2) is 8.39. The van der Waals surface area contributed by atoms with Gasteiger partial charge in [0.1, 0.15) is 0 Å². The number of benzene rings is 2. The summed E-state index contributed by atoms with van der Waals surface area (Å²) in [5.74, 6) is -0.465. The van der Waals surface area contributed by atoms with E-state index in [4.69, 9.17) is 5.14 Å². The Hall–Kier alpha value is -2.27. The molecule has 2 aromatic rings. The van der Waals surface area contributed by atoms with Crippen molar-refractivity contribution in [1.29, 1.82) is 0 Å². The van der Waals surface area contributed by atoms with Gasteiger partial charge in [0.2, 0.25) is 26.0 Å². The molecular weight excluding hydrogens is 402 g/mol. The predicted molar refractivity (Wildman–Crippen MR) is 107 cm³/mol. The molecular formula is C18H23N3O5S2. The third kappa shape index (κ3) is 5.61. The van der Waals surface area contributed by atoms with E-state index in [9.17, 15) is 21.6 Å². The third-order valence-corrected chi connectivity index (χ3v) is 6.71. The van der Waals surface area contributed by atoms with Gasteiger partial charge in [0, 0.05) is 18.7 Å². The highest BCUT2D eigenvalue weighted by atomic mass is 32.2. The fourth-order valence-corrected chi connectivity index (χ4v) is 4.75. The summed E-state index contributed by atoms with van der Waals surface area (Å²) >= 11 is 0. The Balaban J connectivity index is 2.01. The molecule has 0 aromatic heterocycles. The zero-order chi connectivity index (χ0) is 21.1. The van der Waals surface area contributed by atoms with Gasteiger partial charge in [-0.2, -0.15) is 0 Å². The molecule has 0 atom stereocenters. The third-order valence-electron chi connectivity index (χ3n) is 4.06. The molecule has 0 saturated carbocycles.